The molecule has 44 heavy (non-hydrogen) atoms. The van der Waals surface area contributed by atoms with Gasteiger partial charge in [0, 0.05) is 29.2 Å². The Morgan fingerprint density at radius 2 is 1.59 bits per heavy atom. The Bertz CT molecular complexity index is 1720. The van der Waals surface area contributed by atoms with Gasteiger partial charge in [-0.2, -0.15) is 4.72 Å². The van der Waals surface area contributed by atoms with Gasteiger partial charge in [0.25, 0.3) is 0 Å². The zero-order chi connectivity index (χ0) is 32.2. The van der Waals surface area contributed by atoms with Crippen LogP contribution in [0, 0.1) is 33.6 Å². The van der Waals surface area contributed by atoms with Gasteiger partial charge in [0.2, 0.25) is 10.0 Å². The number of hydrogen-bond donors (Lipinski definition) is 1. The van der Waals surface area contributed by atoms with Crippen LogP contribution in [0.25, 0.3) is 5.69 Å². The molecule has 3 aromatic carbocycles. The van der Waals surface area contributed by atoms with Gasteiger partial charge < -0.3 is 14.0 Å². The second-order valence-corrected chi connectivity index (χ2v) is 13.2. The van der Waals surface area contributed by atoms with Gasteiger partial charge in [-0.1, -0.05) is 37.6 Å². The van der Waals surface area contributed by atoms with E-state index >= 15 is 0 Å². The molecule has 1 heterocycles. The van der Waals surface area contributed by atoms with Crippen molar-refractivity contribution in [2.75, 3.05) is 7.11 Å². The highest BCUT2D eigenvalue weighted by molar-refractivity contribution is 7.89. The molecule has 1 N–H and O–H groups in total. The number of ether oxygens (including phenoxy) is 2. The first-order valence-corrected chi connectivity index (χ1v) is 15.9. The van der Waals surface area contributed by atoms with Gasteiger partial charge in [0.1, 0.15) is 6.04 Å². The highest BCUT2D eigenvalue weighted by atomic mass is 32.2. The van der Waals surface area contributed by atoms with Crippen molar-refractivity contribution >= 4 is 22.0 Å². The molecule has 0 spiro atoms. The smallest absolute Gasteiger partial charge is 0.337 e. The van der Waals surface area contributed by atoms with Gasteiger partial charge in [-0.25, -0.2) is 18.2 Å². The minimum atomic E-state index is -4.02. The van der Waals surface area contributed by atoms with Crippen LogP contribution in [0.15, 0.2) is 78.2 Å². The van der Waals surface area contributed by atoms with Crippen LogP contribution in [0.1, 0.15) is 70.1 Å². The van der Waals surface area contributed by atoms with Crippen LogP contribution in [-0.4, -0.2) is 43.1 Å². The highest BCUT2D eigenvalue weighted by Gasteiger charge is 2.32. The molecular formula is C34H39N3O6S. The summed E-state index contributed by atoms with van der Waals surface area (Å²) in [5, 5.41) is 0. The van der Waals surface area contributed by atoms with Crippen LogP contribution in [-0.2, 0) is 24.3 Å². The Morgan fingerprint density at radius 1 is 0.932 bits per heavy atom. The monoisotopic (exact) mass is 617 g/mol. The molecule has 4 rings (SSSR count). The van der Waals surface area contributed by atoms with Gasteiger partial charge >= 0.3 is 11.9 Å². The van der Waals surface area contributed by atoms with E-state index in [4.69, 9.17) is 9.47 Å². The Morgan fingerprint density at radius 3 is 2.16 bits per heavy atom. The SMILES string of the molecule is COC(=O)c1cc(C)c(C(OC(=O)[C@H](CC(C)C)NS(=O)(=O)c2ccc(C)cc2)c2cc(-n3ccnc3)ccc2C)c(C)c1. The van der Waals surface area contributed by atoms with Gasteiger partial charge in [-0.05, 0) is 93.1 Å². The van der Waals surface area contributed by atoms with Crippen molar-refractivity contribution in [2.45, 2.75) is 65.0 Å². The molecule has 1 aromatic heterocycles. The minimum Gasteiger partial charge on any atom is -0.465 e. The van der Waals surface area contributed by atoms with Gasteiger partial charge in [0.15, 0.2) is 6.10 Å². The number of hydrogen-bond acceptors (Lipinski definition) is 7. The average Bonchev–Trinajstić information content (AvgIpc) is 3.51. The van der Waals surface area contributed by atoms with Crippen LogP contribution in [0.2, 0.25) is 0 Å². The lowest BCUT2D eigenvalue weighted by atomic mass is 9.89. The number of sulfonamides is 1. The third-order valence-electron chi connectivity index (χ3n) is 7.48. The average molecular weight is 618 g/mol. The molecular weight excluding hydrogens is 578 g/mol. The summed E-state index contributed by atoms with van der Waals surface area (Å²) < 4.78 is 42.4. The summed E-state index contributed by atoms with van der Waals surface area (Å²) in [5.41, 5.74) is 5.82. The molecule has 0 aliphatic heterocycles. The third kappa shape index (κ3) is 7.43. The molecule has 9 nitrogen and oxygen atoms in total. The van der Waals surface area contributed by atoms with Crippen LogP contribution in [0.3, 0.4) is 0 Å². The summed E-state index contributed by atoms with van der Waals surface area (Å²) >= 11 is 0. The second kappa shape index (κ2) is 13.6. The van der Waals surface area contributed by atoms with E-state index in [2.05, 4.69) is 9.71 Å². The largest absolute Gasteiger partial charge is 0.465 e. The van der Waals surface area contributed by atoms with E-state index in [0.717, 1.165) is 27.9 Å². The zero-order valence-corrected chi connectivity index (χ0v) is 26.9. The van der Waals surface area contributed by atoms with Gasteiger partial charge in [-0.15, -0.1) is 0 Å². The molecule has 0 amide bonds. The maximum atomic E-state index is 14.0. The summed E-state index contributed by atoms with van der Waals surface area (Å²) in [7, 11) is -2.70. The van der Waals surface area contributed by atoms with E-state index in [1.165, 1.54) is 19.2 Å². The predicted molar refractivity (Wildman–Crippen MR) is 168 cm³/mol. The van der Waals surface area contributed by atoms with E-state index in [1.807, 2.05) is 70.5 Å². The topological polar surface area (TPSA) is 117 Å². The number of methoxy groups -OCH3 is 1. The number of nitrogens with zero attached hydrogens (tertiary/aromatic N) is 2. The van der Waals surface area contributed by atoms with Crippen LogP contribution in [0.5, 0.6) is 0 Å². The summed E-state index contributed by atoms with van der Waals surface area (Å²) in [6.45, 7) is 11.3. The Kier molecular flexibility index (Phi) is 10.1. The Hall–Kier alpha value is -4.28. The van der Waals surface area contributed by atoms with Crippen molar-refractivity contribution in [3.05, 3.63) is 112 Å². The molecule has 0 saturated carbocycles. The summed E-state index contributed by atoms with van der Waals surface area (Å²) in [6.07, 6.45) is 4.49. The van der Waals surface area contributed by atoms with Crippen molar-refractivity contribution in [1.82, 2.24) is 14.3 Å². The number of nitrogens with one attached hydrogen (secondary N) is 1. The second-order valence-electron chi connectivity index (χ2n) is 11.5. The number of imidazole rings is 1. The molecule has 0 aliphatic carbocycles. The summed E-state index contributed by atoms with van der Waals surface area (Å²) in [6, 6.07) is 14.5. The van der Waals surface area contributed by atoms with Crippen molar-refractivity contribution in [2.24, 2.45) is 5.92 Å². The number of rotatable bonds is 11. The lowest BCUT2D eigenvalue weighted by Gasteiger charge is -2.28. The first-order valence-electron chi connectivity index (χ1n) is 14.4. The number of aryl methyl sites for hydroxylation is 4. The fourth-order valence-corrected chi connectivity index (χ4v) is 6.42. The van der Waals surface area contributed by atoms with E-state index < -0.39 is 34.1 Å². The normalized spacial score (nSPS) is 13.0. The molecule has 0 fully saturated rings. The first kappa shape index (κ1) is 32.6. The Labute approximate surface area is 259 Å². The maximum absolute atomic E-state index is 14.0. The molecule has 1 unspecified atom stereocenters. The fourth-order valence-electron chi connectivity index (χ4n) is 5.22. The van der Waals surface area contributed by atoms with Crippen molar-refractivity contribution in [3.63, 3.8) is 0 Å². The van der Waals surface area contributed by atoms with Crippen LogP contribution in [0.4, 0.5) is 0 Å². The van der Waals surface area contributed by atoms with Gasteiger partial charge in [-0.3, -0.25) is 4.79 Å². The lowest BCUT2D eigenvalue weighted by Crippen LogP contribution is -2.43. The number of carbonyl (C=O) groups is 2. The molecule has 232 valence electrons. The fraction of sp³-hybridized carbons (Fsp3) is 0.324. The van der Waals surface area contributed by atoms with E-state index in [0.29, 0.717) is 16.7 Å². The molecule has 10 heteroatoms. The zero-order valence-electron chi connectivity index (χ0n) is 26.1. The molecule has 2 atom stereocenters. The van der Waals surface area contributed by atoms with Crippen molar-refractivity contribution in [3.8, 4) is 5.69 Å². The van der Waals surface area contributed by atoms with Crippen molar-refractivity contribution < 1.29 is 27.5 Å². The third-order valence-corrected chi connectivity index (χ3v) is 8.97. The number of carbonyl (C=O) groups excluding carboxylic acids is 2. The number of esters is 2. The van der Waals surface area contributed by atoms with Crippen LogP contribution >= 0.6 is 0 Å². The maximum Gasteiger partial charge on any atom is 0.337 e. The summed E-state index contributed by atoms with van der Waals surface area (Å²) in [5.74, 6) is -1.19. The molecule has 0 bridgehead atoms. The number of benzene rings is 3. The number of aromatic nitrogens is 2. The quantitative estimate of drug-likeness (QED) is 0.208. The minimum absolute atomic E-state index is 0.0131. The lowest BCUT2D eigenvalue weighted by molar-refractivity contribution is -0.150. The highest BCUT2D eigenvalue weighted by Crippen LogP contribution is 2.36. The summed E-state index contributed by atoms with van der Waals surface area (Å²) in [4.78, 5) is 30.6. The molecule has 4 aromatic rings. The van der Waals surface area contributed by atoms with E-state index in [9.17, 15) is 18.0 Å². The first-order chi connectivity index (χ1) is 20.8. The molecule has 0 aliphatic rings. The molecule has 0 saturated heterocycles. The molecule has 0 radical (unpaired) electrons. The predicted octanol–water partition coefficient (Wildman–Crippen LogP) is 5.92. The van der Waals surface area contributed by atoms with E-state index in [-0.39, 0.29) is 17.2 Å². The standard InChI is InChI=1S/C34H39N3O6S/c1-21(2)16-30(36-44(40,41)28-12-8-22(3)9-13-28)34(39)43-32(31-24(5)17-26(18-25(31)6)33(38)42-7)29-19-27(11-10-23(29)4)37-15-14-35-20-37/h8-15,17-21,30,32,36H,16H2,1-7H3/t30-,32?/m0/s1. The van der Waals surface area contributed by atoms with Crippen LogP contribution < -0.4 is 4.72 Å². The van der Waals surface area contributed by atoms with Gasteiger partial charge in [0.05, 0.1) is 23.9 Å². The Balaban J connectivity index is 1.81. The van der Waals surface area contributed by atoms with E-state index in [1.54, 1.807) is 36.8 Å². The van der Waals surface area contributed by atoms with Crippen molar-refractivity contribution in [1.29, 1.82) is 0 Å².